The van der Waals surface area contributed by atoms with Crippen molar-refractivity contribution in [3.05, 3.63) is 29.8 Å². The summed E-state index contributed by atoms with van der Waals surface area (Å²) in [7, 11) is -11.1. The molecule has 3 atom stereocenters. The molecule has 13 nitrogen and oxygen atoms in total. The van der Waals surface area contributed by atoms with Gasteiger partial charge in [-0.25, -0.2) is 0 Å². The van der Waals surface area contributed by atoms with Crippen molar-refractivity contribution in [2.75, 3.05) is 24.8 Å². The number of carbonyl (C=O) groups excluding carboxylic acids is 2. The zero-order valence-corrected chi connectivity index (χ0v) is 27.9. The molecule has 17 heteroatoms. The molecular weight excluding hydrogens is 647 g/mol. The summed E-state index contributed by atoms with van der Waals surface area (Å²) >= 11 is 12.1. The molecule has 0 heterocycles. The van der Waals surface area contributed by atoms with Gasteiger partial charge in [0.2, 0.25) is 5.91 Å². The average molecular weight is 692 g/mol. The van der Waals surface area contributed by atoms with Crippen molar-refractivity contribution >= 4 is 56.1 Å². The van der Waals surface area contributed by atoms with Gasteiger partial charge in [0, 0.05) is 24.6 Å². The van der Waals surface area contributed by atoms with E-state index in [2.05, 4.69) is 5.32 Å². The number of hydrogen-bond donors (Lipinski definition) is 7. The summed E-state index contributed by atoms with van der Waals surface area (Å²) in [5, 5.41) is 9.55. The summed E-state index contributed by atoms with van der Waals surface area (Å²) in [6.45, 7) is 5.83. The largest absolute Gasteiger partial charge is 0.521 e. The zero-order valence-electron chi connectivity index (χ0n) is 24.6. The highest BCUT2D eigenvalue weighted by Crippen LogP contribution is 2.69. The van der Waals surface area contributed by atoms with Gasteiger partial charge in [-0.1, -0.05) is 18.6 Å². The van der Waals surface area contributed by atoms with Crippen LogP contribution in [-0.2, 0) is 25.1 Å². The quantitative estimate of drug-likeness (QED) is 0.0853. The van der Waals surface area contributed by atoms with E-state index in [0.29, 0.717) is 24.9 Å². The molecule has 1 aliphatic rings. The SMILES string of the molecule is CC(C)(C)OC(=O)[N+](CCCl)(CCCl)c1ccc(C[C@H](N)C(=O)NC2CCCC2CCC(O)(P(=O)(O)O)P(=O)(O)O)cc1. The number of rotatable bonds is 14. The number of hydrogen-bond acceptors (Lipinski definition) is 7. The van der Waals surface area contributed by atoms with Crippen LogP contribution in [0.1, 0.15) is 58.4 Å². The van der Waals surface area contributed by atoms with Crippen LogP contribution < -0.4 is 15.5 Å². The van der Waals surface area contributed by atoms with Gasteiger partial charge in [-0.05, 0) is 57.9 Å². The third kappa shape index (κ3) is 9.70. The molecule has 2 rings (SSSR count). The number of quaternary nitrogens is 1. The van der Waals surface area contributed by atoms with Gasteiger partial charge in [-0.2, -0.15) is 9.28 Å². The van der Waals surface area contributed by atoms with E-state index in [1.165, 1.54) is 0 Å². The zero-order chi connectivity index (χ0) is 32.9. The van der Waals surface area contributed by atoms with Crippen LogP contribution in [0.3, 0.4) is 0 Å². The lowest BCUT2D eigenvalue weighted by Crippen LogP contribution is -2.58. The van der Waals surface area contributed by atoms with Crippen molar-refractivity contribution in [2.45, 2.75) is 82.1 Å². The summed E-state index contributed by atoms with van der Waals surface area (Å²) in [5.74, 6) is -0.474. The molecule has 0 saturated heterocycles. The fourth-order valence-electron chi connectivity index (χ4n) is 5.26. The molecule has 0 spiro atoms. The van der Waals surface area contributed by atoms with Gasteiger partial charge >= 0.3 is 21.3 Å². The number of halogens is 2. The van der Waals surface area contributed by atoms with E-state index < -0.39 is 56.4 Å². The van der Waals surface area contributed by atoms with Gasteiger partial charge in [-0.3, -0.25) is 13.9 Å². The first-order valence-corrected chi connectivity index (χ1v) is 18.2. The number of nitrogens with zero attached hydrogens (tertiary/aromatic N) is 1. The molecule has 1 aromatic carbocycles. The van der Waals surface area contributed by atoms with E-state index in [4.69, 9.17) is 33.7 Å². The lowest BCUT2D eigenvalue weighted by molar-refractivity contribution is -0.123. The van der Waals surface area contributed by atoms with Gasteiger partial charge < -0.3 is 40.5 Å². The van der Waals surface area contributed by atoms with Gasteiger partial charge in [0.1, 0.15) is 24.4 Å². The maximum absolute atomic E-state index is 13.3. The van der Waals surface area contributed by atoms with Crippen molar-refractivity contribution < 1.29 is 48.1 Å². The standard InChI is InChI=1S/C26H43Cl2N3O10P2/c1-25(2,3)41-24(33)31(15-13-27,16-14-28)20-9-7-18(8-10-20)17-21(29)23(32)30-22-6-4-5-19(22)11-12-26(34,42(35,36)37)43(38,39)40/h7-10,19,21-22,34H,4-6,11-17,29H2,1-3H3,(H4-,30,32,35,36,37,38,39,40)/p+1/t19?,21-,22?/m0/s1. The normalized spacial score (nSPS) is 19.2. The Morgan fingerprint density at radius 1 is 1.05 bits per heavy atom. The van der Waals surface area contributed by atoms with Crippen LogP contribution in [0.4, 0.5) is 10.5 Å². The van der Waals surface area contributed by atoms with E-state index in [1.54, 1.807) is 45.0 Å². The first kappa shape index (κ1) is 38.1. The molecule has 1 aromatic rings. The summed E-state index contributed by atoms with van der Waals surface area (Å²) in [4.78, 5) is 63.8. The van der Waals surface area contributed by atoms with Crippen LogP contribution in [0.15, 0.2) is 24.3 Å². The lowest BCUT2D eigenvalue weighted by Gasteiger charge is -2.35. The van der Waals surface area contributed by atoms with E-state index in [1.807, 2.05) is 0 Å². The molecule has 1 saturated carbocycles. The molecule has 0 aliphatic heterocycles. The molecular formula is C26H44Cl2N3O10P2+. The number of amides is 2. The number of nitrogens with one attached hydrogen (secondary N) is 1. The summed E-state index contributed by atoms with van der Waals surface area (Å²) in [6, 6.07) is 5.61. The summed E-state index contributed by atoms with van der Waals surface area (Å²) in [6.07, 6.45) is 0.444. The molecule has 0 aromatic heterocycles. The lowest BCUT2D eigenvalue weighted by atomic mass is 9.97. The first-order chi connectivity index (χ1) is 19.7. The van der Waals surface area contributed by atoms with E-state index in [-0.39, 0.29) is 48.1 Å². The minimum Gasteiger partial charge on any atom is -0.414 e. The molecule has 2 unspecified atom stereocenters. The van der Waals surface area contributed by atoms with Crippen molar-refractivity contribution in [1.82, 2.24) is 9.80 Å². The molecule has 0 radical (unpaired) electrons. The molecule has 2 amide bonds. The van der Waals surface area contributed by atoms with Crippen LogP contribution >= 0.6 is 38.4 Å². The Balaban J connectivity index is 2.11. The van der Waals surface area contributed by atoms with Crippen LogP contribution in [-0.4, -0.2) is 84.3 Å². The van der Waals surface area contributed by atoms with Crippen molar-refractivity contribution in [1.29, 1.82) is 0 Å². The first-order valence-electron chi connectivity index (χ1n) is 13.9. The average Bonchev–Trinajstić information content (AvgIpc) is 3.31. The van der Waals surface area contributed by atoms with Gasteiger partial charge in [0.05, 0.1) is 17.8 Å². The van der Waals surface area contributed by atoms with Gasteiger partial charge in [-0.15, -0.1) is 23.2 Å². The Morgan fingerprint density at radius 2 is 1.58 bits per heavy atom. The number of aliphatic hydroxyl groups is 1. The van der Waals surface area contributed by atoms with Crippen LogP contribution in [0, 0.1) is 5.92 Å². The fraction of sp³-hybridized carbons (Fsp3) is 0.692. The molecule has 1 aliphatic carbocycles. The molecule has 246 valence electrons. The third-order valence-corrected chi connectivity index (χ3v) is 11.9. The number of ether oxygens (including phenoxy) is 1. The second-order valence-electron chi connectivity index (χ2n) is 12.0. The second-order valence-corrected chi connectivity index (χ2v) is 16.7. The highest BCUT2D eigenvalue weighted by Gasteiger charge is 2.59. The predicted molar refractivity (Wildman–Crippen MR) is 165 cm³/mol. The minimum atomic E-state index is -5.56. The molecule has 1 fully saturated rings. The Bertz CT molecular complexity index is 1170. The van der Waals surface area contributed by atoms with Gasteiger partial charge in [0.15, 0.2) is 0 Å². The number of alkyl halides is 2. The van der Waals surface area contributed by atoms with E-state index >= 15 is 0 Å². The minimum absolute atomic E-state index is 0.128. The van der Waals surface area contributed by atoms with Gasteiger partial charge in [0.25, 0.3) is 5.08 Å². The predicted octanol–water partition coefficient (Wildman–Crippen LogP) is 3.34. The molecule has 8 N–H and O–H groups in total. The molecule has 0 bridgehead atoms. The van der Waals surface area contributed by atoms with Crippen molar-refractivity contribution in [3.8, 4) is 0 Å². The maximum atomic E-state index is 13.3. The Labute approximate surface area is 262 Å². The van der Waals surface area contributed by atoms with E-state index in [9.17, 15) is 43.4 Å². The summed E-state index contributed by atoms with van der Waals surface area (Å²) in [5.41, 5.74) is 6.82. The number of benzene rings is 1. The highest BCUT2D eigenvalue weighted by atomic mass is 35.5. The van der Waals surface area contributed by atoms with Crippen LogP contribution in [0.2, 0.25) is 0 Å². The smallest absolute Gasteiger partial charge is 0.414 e. The third-order valence-electron chi connectivity index (χ3n) is 7.67. The number of nitrogens with two attached hydrogens (primary N) is 1. The second kappa shape index (κ2) is 15.0. The van der Waals surface area contributed by atoms with Crippen LogP contribution in [0.25, 0.3) is 0 Å². The maximum Gasteiger partial charge on any atom is 0.521 e. The summed E-state index contributed by atoms with van der Waals surface area (Å²) < 4.78 is 28.8. The van der Waals surface area contributed by atoms with Crippen molar-refractivity contribution in [3.63, 3.8) is 0 Å². The monoisotopic (exact) mass is 690 g/mol. The highest BCUT2D eigenvalue weighted by molar-refractivity contribution is 7.72. The van der Waals surface area contributed by atoms with Crippen molar-refractivity contribution in [2.24, 2.45) is 11.7 Å². The topological polar surface area (TPSA) is 217 Å². The fourth-order valence-corrected chi connectivity index (χ4v) is 8.04. The molecule has 43 heavy (non-hydrogen) atoms. The Hall–Kier alpha value is -1.08. The van der Waals surface area contributed by atoms with E-state index in [0.717, 1.165) is 5.56 Å². The Morgan fingerprint density at radius 3 is 2.05 bits per heavy atom. The van der Waals surface area contributed by atoms with Crippen LogP contribution in [0.5, 0.6) is 0 Å². The number of carbonyl (C=O) groups is 2. The Kier molecular flexibility index (Phi) is 13.3.